The molecule has 0 bridgehead atoms. The molecule has 3 fully saturated rings. The molecular formula is C23H26FN5O7. The molecule has 1 aromatic heterocycles. The summed E-state index contributed by atoms with van der Waals surface area (Å²) >= 11 is 0. The van der Waals surface area contributed by atoms with Crippen LogP contribution in [0, 0.1) is 11.2 Å². The van der Waals surface area contributed by atoms with E-state index in [2.05, 4.69) is 15.8 Å². The van der Waals surface area contributed by atoms with Crippen LogP contribution in [0.5, 0.6) is 0 Å². The van der Waals surface area contributed by atoms with Gasteiger partial charge in [-0.1, -0.05) is 5.16 Å². The van der Waals surface area contributed by atoms with E-state index in [1.807, 2.05) is 6.92 Å². The molecule has 0 saturated carbocycles. The molecule has 6 rings (SSSR count). The number of rotatable bonds is 1. The van der Waals surface area contributed by atoms with Crippen molar-refractivity contribution in [2.75, 3.05) is 16.3 Å². The molecule has 7 atom stereocenters. The largest absolute Gasteiger partial charge is 0.444 e. The van der Waals surface area contributed by atoms with Crippen LogP contribution in [-0.4, -0.2) is 71.5 Å². The zero-order chi connectivity index (χ0) is 25.7. The zero-order valence-corrected chi connectivity index (χ0v) is 20.1. The third-order valence-corrected chi connectivity index (χ3v) is 7.92. The van der Waals surface area contributed by atoms with E-state index in [-0.39, 0.29) is 47.6 Å². The number of hydrogen-bond acceptors (Lipinski definition) is 9. The number of halogens is 1. The summed E-state index contributed by atoms with van der Waals surface area (Å²) in [4.78, 5) is 40.8. The summed E-state index contributed by atoms with van der Waals surface area (Å²) < 4.78 is 32.9. The number of aliphatic hydroxyl groups excluding tert-OH is 1. The summed E-state index contributed by atoms with van der Waals surface area (Å²) in [5.41, 5.74) is -1.08. The number of morpholine rings is 1. The number of carbonyl (C=O) groups is 3. The maximum atomic E-state index is 16.2. The third-order valence-electron chi connectivity index (χ3n) is 7.92. The number of fused-ring (bicyclic) bond motifs is 5. The van der Waals surface area contributed by atoms with Crippen molar-refractivity contribution in [3.05, 3.63) is 17.4 Å². The quantitative estimate of drug-likeness (QED) is 0.525. The Labute approximate surface area is 204 Å². The fourth-order valence-electron chi connectivity index (χ4n) is 6.24. The highest BCUT2D eigenvalue weighted by atomic mass is 19.1. The van der Waals surface area contributed by atoms with E-state index < -0.39 is 53.7 Å². The van der Waals surface area contributed by atoms with Crippen LogP contribution in [0.2, 0.25) is 0 Å². The monoisotopic (exact) mass is 503 g/mol. The lowest BCUT2D eigenvalue weighted by Gasteiger charge is -2.57. The van der Waals surface area contributed by atoms with Gasteiger partial charge in [-0.05, 0) is 45.7 Å². The Balaban J connectivity index is 1.57. The second-order valence-corrected chi connectivity index (χ2v) is 10.1. The Bertz CT molecular complexity index is 1320. The first-order valence-corrected chi connectivity index (χ1v) is 11.9. The van der Waals surface area contributed by atoms with E-state index in [0.29, 0.717) is 5.56 Å². The summed E-state index contributed by atoms with van der Waals surface area (Å²) in [6.07, 6.45) is -3.57. The molecule has 1 spiro atoms. The van der Waals surface area contributed by atoms with Crippen molar-refractivity contribution >= 4 is 40.5 Å². The number of ether oxygens (including phenoxy) is 2. The fourth-order valence-corrected chi connectivity index (χ4v) is 6.24. The minimum Gasteiger partial charge on any atom is -0.444 e. The van der Waals surface area contributed by atoms with Gasteiger partial charge in [0, 0.05) is 6.54 Å². The highest BCUT2D eigenvalue weighted by Crippen LogP contribution is 2.50. The molecule has 0 aliphatic carbocycles. The van der Waals surface area contributed by atoms with Crippen LogP contribution in [0.4, 0.5) is 25.5 Å². The Morgan fingerprint density at radius 2 is 1.94 bits per heavy atom. The Kier molecular flexibility index (Phi) is 4.80. The number of nitrogens with zero attached hydrogens (tertiary/aromatic N) is 3. The first kappa shape index (κ1) is 23.0. The first-order valence-electron chi connectivity index (χ1n) is 11.9. The van der Waals surface area contributed by atoms with E-state index in [4.69, 9.17) is 14.0 Å². The van der Waals surface area contributed by atoms with Crippen LogP contribution in [0.25, 0.3) is 11.0 Å². The van der Waals surface area contributed by atoms with E-state index in [0.717, 1.165) is 0 Å². The number of amides is 4. The number of anilines is 2. The van der Waals surface area contributed by atoms with Crippen molar-refractivity contribution in [2.45, 2.75) is 70.7 Å². The fraction of sp³-hybridized carbons (Fsp3) is 0.565. The molecule has 36 heavy (non-hydrogen) atoms. The lowest BCUT2D eigenvalue weighted by molar-refractivity contribution is -0.155. The zero-order valence-electron chi connectivity index (χ0n) is 20.1. The van der Waals surface area contributed by atoms with Crippen molar-refractivity contribution in [1.82, 2.24) is 15.8 Å². The molecule has 5 heterocycles. The topological polar surface area (TPSA) is 146 Å². The molecule has 2 unspecified atom stereocenters. The second kappa shape index (κ2) is 7.53. The number of aromatic nitrogens is 1. The van der Waals surface area contributed by atoms with E-state index in [9.17, 15) is 19.5 Å². The number of aliphatic hydroxyl groups is 1. The van der Waals surface area contributed by atoms with Gasteiger partial charge in [0.25, 0.3) is 0 Å². The van der Waals surface area contributed by atoms with Gasteiger partial charge in [0.1, 0.15) is 17.7 Å². The molecule has 3 saturated heterocycles. The minimum atomic E-state index is -1.56. The highest BCUT2D eigenvalue weighted by Gasteiger charge is 2.63. The summed E-state index contributed by atoms with van der Waals surface area (Å²) in [6.45, 7) is 7.34. The maximum absolute atomic E-state index is 16.2. The van der Waals surface area contributed by atoms with Crippen molar-refractivity contribution in [3.8, 4) is 0 Å². The molecule has 4 amide bonds. The number of imide groups is 1. The molecule has 1 aromatic carbocycles. The normalized spacial score (nSPS) is 36.0. The molecule has 192 valence electrons. The molecule has 4 aliphatic rings. The second-order valence-electron chi connectivity index (χ2n) is 10.1. The lowest BCUT2D eigenvalue weighted by Crippen LogP contribution is -2.76. The predicted molar refractivity (Wildman–Crippen MR) is 122 cm³/mol. The van der Waals surface area contributed by atoms with E-state index in [1.165, 1.54) is 4.90 Å². The van der Waals surface area contributed by atoms with Gasteiger partial charge in [0.15, 0.2) is 11.6 Å². The lowest BCUT2D eigenvalue weighted by atomic mass is 9.66. The third kappa shape index (κ3) is 2.86. The number of urea groups is 1. The van der Waals surface area contributed by atoms with Crippen molar-refractivity contribution in [1.29, 1.82) is 0 Å². The van der Waals surface area contributed by atoms with Gasteiger partial charge in [0.2, 0.25) is 11.5 Å². The number of carbonyl (C=O) groups excluding carboxylic acids is 3. The molecule has 4 aliphatic heterocycles. The number of benzene rings is 1. The predicted octanol–water partition coefficient (Wildman–Crippen LogP) is 1.38. The Morgan fingerprint density at radius 1 is 1.19 bits per heavy atom. The van der Waals surface area contributed by atoms with Crippen molar-refractivity contribution < 1.29 is 37.9 Å². The molecular weight excluding hydrogens is 477 g/mol. The molecule has 2 aromatic rings. The van der Waals surface area contributed by atoms with Crippen LogP contribution in [0.1, 0.15) is 33.3 Å². The Hall–Kier alpha value is -3.45. The van der Waals surface area contributed by atoms with Gasteiger partial charge >= 0.3 is 12.1 Å². The summed E-state index contributed by atoms with van der Waals surface area (Å²) in [5, 5.41) is 20.0. The van der Waals surface area contributed by atoms with Crippen molar-refractivity contribution in [2.24, 2.45) is 5.41 Å². The van der Waals surface area contributed by atoms with Crippen LogP contribution in [-0.2, 0) is 20.7 Å². The Morgan fingerprint density at radius 3 is 2.61 bits per heavy atom. The maximum Gasteiger partial charge on any atom is 0.416 e. The molecule has 0 radical (unpaired) electrons. The number of cyclic esters (lactones) is 1. The van der Waals surface area contributed by atoms with Crippen LogP contribution >= 0.6 is 0 Å². The van der Waals surface area contributed by atoms with Crippen LogP contribution in [0.15, 0.2) is 10.6 Å². The highest BCUT2D eigenvalue weighted by molar-refractivity contribution is 6.04. The average molecular weight is 503 g/mol. The summed E-state index contributed by atoms with van der Waals surface area (Å²) in [7, 11) is 0. The van der Waals surface area contributed by atoms with E-state index >= 15 is 4.39 Å². The average Bonchev–Trinajstić information content (AvgIpc) is 3.30. The van der Waals surface area contributed by atoms with E-state index in [1.54, 1.807) is 31.7 Å². The number of nitrogens with one attached hydrogen (secondary N) is 2. The summed E-state index contributed by atoms with van der Waals surface area (Å²) in [5.74, 6) is -1.26. The number of hydrogen-bond donors (Lipinski definition) is 3. The van der Waals surface area contributed by atoms with Gasteiger partial charge in [-0.3, -0.25) is 15.0 Å². The molecule has 13 heteroatoms. The SMILES string of the molecule is C[C@@H]1CN2c3c(cc4c(N5C(=O)O[C@@H](C)[C@H]5C)noc4c3F)CC3(C(=O)NC(=O)NC3O)[C@H]2[C@H](C)O1. The summed E-state index contributed by atoms with van der Waals surface area (Å²) in [6, 6.07) is -0.350. The van der Waals surface area contributed by atoms with Gasteiger partial charge in [-0.15, -0.1) is 0 Å². The van der Waals surface area contributed by atoms with Crippen LogP contribution < -0.4 is 20.4 Å². The smallest absolute Gasteiger partial charge is 0.416 e. The van der Waals surface area contributed by atoms with Gasteiger partial charge in [0.05, 0.1) is 35.4 Å². The molecule has 12 nitrogen and oxygen atoms in total. The molecule has 3 N–H and O–H groups in total. The van der Waals surface area contributed by atoms with Crippen molar-refractivity contribution in [3.63, 3.8) is 0 Å². The van der Waals surface area contributed by atoms with Gasteiger partial charge < -0.3 is 29.3 Å². The van der Waals surface area contributed by atoms with Gasteiger partial charge in [-0.2, -0.15) is 0 Å². The standard InChI is InChI=1S/C23H26FN5O7/c1-8-7-28-15-12(6-23(17(28)11(4)34-8)19(30)25-21(32)26-20(23)31)5-13-16(14(15)24)36-27-18(13)29-9(2)10(3)35-22(29)33/h5,8-11,17,19,30H,6-7H2,1-4H3,(H2,25,26,31,32)/t8-,9-,10+,11+,17-,19?,23?/m1/s1. The van der Waals surface area contributed by atoms with Gasteiger partial charge in [-0.25, -0.2) is 14.0 Å². The first-order chi connectivity index (χ1) is 17.0. The minimum absolute atomic E-state index is 0.104. The van der Waals surface area contributed by atoms with Crippen LogP contribution in [0.3, 0.4) is 0 Å².